The van der Waals surface area contributed by atoms with Crippen molar-refractivity contribution in [1.82, 2.24) is 10.6 Å². The van der Waals surface area contributed by atoms with E-state index in [1.165, 1.54) is 0 Å². The van der Waals surface area contributed by atoms with Gasteiger partial charge in [0.1, 0.15) is 12.6 Å². The molecular formula is C20H24N2O4. The average Bonchev–Trinajstić information content (AvgIpc) is 2.69. The van der Waals surface area contributed by atoms with E-state index in [9.17, 15) is 9.59 Å². The number of carbonyl (C=O) groups excluding carboxylic acids is 2. The van der Waals surface area contributed by atoms with Gasteiger partial charge in [-0.1, -0.05) is 60.7 Å². The van der Waals surface area contributed by atoms with Gasteiger partial charge in [-0.25, -0.2) is 4.79 Å². The molecule has 0 aliphatic rings. The first kappa shape index (κ1) is 19.5. The molecule has 0 unspecified atom stereocenters. The van der Waals surface area contributed by atoms with Gasteiger partial charge in [-0.2, -0.15) is 0 Å². The monoisotopic (exact) mass is 356 g/mol. The minimum Gasteiger partial charge on any atom is -0.445 e. The van der Waals surface area contributed by atoms with Crippen LogP contribution in [0.4, 0.5) is 4.79 Å². The highest BCUT2D eigenvalue weighted by Crippen LogP contribution is 2.13. The van der Waals surface area contributed by atoms with Crippen LogP contribution in [-0.4, -0.2) is 32.3 Å². The molecule has 2 rings (SSSR count). The van der Waals surface area contributed by atoms with Gasteiger partial charge >= 0.3 is 6.09 Å². The predicted octanol–water partition coefficient (Wildman–Crippen LogP) is 2.81. The SMILES string of the molecule is COCCCNC(=O)[C@@H](NC(=O)OCc1ccccc1)c1ccccc1. The molecule has 0 bridgehead atoms. The molecule has 26 heavy (non-hydrogen) atoms. The zero-order valence-electron chi connectivity index (χ0n) is 14.8. The number of nitrogens with one attached hydrogen (secondary N) is 2. The number of benzene rings is 2. The van der Waals surface area contributed by atoms with Crippen LogP contribution in [0.15, 0.2) is 60.7 Å². The van der Waals surface area contributed by atoms with Crippen molar-refractivity contribution in [2.75, 3.05) is 20.3 Å². The summed E-state index contributed by atoms with van der Waals surface area (Å²) in [4.78, 5) is 24.6. The summed E-state index contributed by atoms with van der Waals surface area (Å²) < 4.78 is 10.2. The number of hydrogen-bond donors (Lipinski definition) is 2. The quantitative estimate of drug-likeness (QED) is 0.678. The second kappa shape index (κ2) is 10.9. The van der Waals surface area contributed by atoms with Gasteiger partial charge in [-0.3, -0.25) is 4.79 Å². The number of hydrogen-bond acceptors (Lipinski definition) is 4. The summed E-state index contributed by atoms with van der Waals surface area (Å²) in [6.07, 6.45) is 0.0529. The maximum atomic E-state index is 12.5. The summed E-state index contributed by atoms with van der Waals surface area (Å²) in [5.41, 5.74) is 1.57. The first-order chi connectivity index (χ1) is 12.7. The predicted molar refractivity (Wildman–Crippen MR) is 98.4 cm³/mol. The van der Waals surface area contributed by atoms with Crippen LogP contribution in [0.1, 0.15) is 23.6 Å². The minimum absolute atomic E-state index is 0.143. The van der Waals surface area contributed by atoms with Crippen LogP contribution in [0.5, 0.6) is 0 Å². The van der Waals surface area contributed by atoms with E-state index >= 15 is 0 Å². The molecule has 0 spiro atoms. The lowest BCUT2D eigenvalue weighted by atomic mass is 10.1. The first-order valence-corrected chi connectivity index (χ1v) is 8.49. The van der Waals surface area contributed by atoms with E-state index in [1.807, 2.05) is 48.5 Å². The summed E-state index contributed by atoms with van der Waals surface area (Å²) in [5, 5.41) is 5.45. The van der Waals surface area contributed by atoms with Crippen molar-refractivity contribution < 1.29 is 19.1 Å². The Kier molecular flexibility index (Phi) is 8.15. The number of rotatable bonds is 9. The van der Waals surface area contributed by atoms with Gasteiger partial charge in [-0.15, -0.1) is 0 Å². The standard InChI is InChI=1S/C20H24N2O4/c1-25-14-8-13-21-19(23)18(17-11-6-3-7-12-17)22-20(24)26-15-16-9-4-2-5-10-16/h2-7,9-12,18H,8,13-15H2,1H3,(H,21,23)(H,22,24)/t18-/m0/s1. The van der Waals surface area contributed by atoms with Gasteiger partial charge < -0.3 is 20.1 Å². The third-order valence-corrected chi connectivity index (χ3v) is 3.69. The van der Waals surface area contributed by atoms with E-state index in [0.717, 1.165) is 5.56 Å². The smallest absolute Gasteiger partial charge is 0.408 e. The van der Waals surface area contributed by atoms with Gasteiger partial charge in [0.2, 0.25) is 5.91 Å². The third kappa shape index (κ3) is 6.57. The summed E-state index contributed by atoms with van der Waals surface area (Å²) >= 11 is 0. The maximum Gasteiger partial charge on any atom is 0.408 e. The molecule has 0 radical (unpaired) electrons. The summed E-state index contributed by atoms with van der Waals surface area (Å²) in [7, 11) is 1.61. The molecule has 0 aliphatic heterocycles. The van der Waals surface area contributed by atoms with Crippen molar-refractivity contribution in [1.29, 1.82) is 0 Å². The second-order valence-electron chi connectivity index (χ2n) is 5.69. The normalized spacial score (nSPS) is 11.4. The molecule has 0 aliphatic carbocycles. The lowest BCUT2D eigenvalue weighted by Gasteiger charge is -2.19. The molecule has 2 amide bonds. The molecule has 0 heterocycles. The molecule has 0 aromatic heterocycles. The van der Waals surface area contributed by atoms with Crippen molar-refractivity contribution in [3.05, 3.63) is 71.8 Å². The van der Waals surface area contributed by atoms with Crippen molar-refractivity contribution in [3.63, 3.8) is 0 Å². The Morgan fingerprint density at radius 3 is 2.31 bits per heavy atom. The minimum atomic E-state index is -0.818. The van der Waals surface area contributed by atoms with E-state index in [0.29, 0.717) is 25.1 Å². The lowest BCUT2D eigenvalue weighted by molar-refractivity contribution is -0.123. The number of carbonyl (C=O) groups is 2. The highest BCUT2D eigenvalue weighted by molar-refractivity contribution is 5.86. The van der Waals surface area contributed by atoms with Crippen molar-refractivity contribution in [3.8, 4) is 0 Å². The highest BCUT2D eigenvalue weighted by atomic mass is 16.5. The zero-order valence-corrected chi connectivity index (χ0v) is 14.8. The molecule has 1 atom stereocenters. The Morgan fingerprint density at radius 1 is 1.00 bits per heavy atom. The Balaban J connectivity index is 1.94. The molecular weight excluding hydrogens is 332 g/mol. The van der Waals surface area contributed by atoms with E-state index in [2.05, 4.69) is 10.6 Å². The highest BCUT2D eigenvalue weighted by Gasteiger charge is 2.23. The Morgan fingerprint density at radius 2 is 1.65 bits per heavy atom. The molecule has 0 saturated heterocycles. The second-order valence-corrected chi connectivity index (χ2v) is 5.69. The summed E-state index contributed by atoms with van der Waals surface area (Å²) in [6, 6.07) is 17.6. The molecule has 6 nitrogen and oxygen atoms in total. The van der Waals surface area contributed by atoms with Crippen molar-refractivity contribution >= 4 is 12.0 Å². The van der Waals surface area contributed by atoms with Crippen LogP contribution in [0, 0.1) is 0 Å². The molecule has 0 fully saturated rings. The molecule has 2 aromatic carbocycles. The Hall–Kier alpha value is -2.86. The van der Waals surface area contributed by atoms with Crippen molar-refractivity contribution in [2.24, 2.45) is 0 Å². The number of amides is 2. The van der Waals surface area contributed by atoms with E-state index in [-0.39, 0.29) is 12.5 Å². The molecule has 0 saturated carbocycles. The maximum absolute atomic E-state index is 12.5. The Bertz CT molecular complexity index is 677. The van der Waals surface area contributed by atoms with Crippen LogP contribution >= 0.6 is 0 Å². The van der Waals surface area contributed by atoms with Gasteiger partial charge in [0.25, 0.3) is 0 Å². The van der Waals surface area contributed by atoms with Crippen LogP contribution in [0.2, 0.25) is 0 Å². The van der Waals surface area contributed by atoms with E-state index in [4.69, 9.17) is 9.47 Å². The largest absolute Gasteiger partial charge is 0.445 e. The van der Waals surface area contributed by atoms with Gasteiger partial charge in [0, 0.05) is 20.3 Å². The van der Waals surface area contributed by atoms with Crippen LogP contribution in [0.25, 0.3) is 0 Å². The van der Waals surface area contributed by atoms with Crippen molar-refractivity contribution in [2.45, 2.75) is 19.1 Å². The van der Waals surface area contributed by atoms with Crippen LogP contribution in [-0.2, 0) is 20.9 Å². The number of alkyl carbamates (subject to hydrolysis) is 1. The fourth-order valence-electron chi connectivity index (χ4n) is 2.36. The van der Waals surface area contributed by atoms with E-state index < -0.39 is 12.1 Å². The number of methoxy groups -OCH3 is 1. The zero-order chi connectivity index (χ0) is 18.6. The third-order valence-electron chi connectivity index (χ3n) is 3.69. The molecule has 138 valence electrons. The summed E-state index contributed by atoms with van der Waals surface area (Å²) in [6.45, 7) is 1.17. The molecule has 6 heteroatoms. The average molecular weight is 356 g/mol. The molecule has 2 N–H and O–H groups in total. The van der Waals surface area contributed by atoms with Gasteiger partial charge in [0.05, 0.1) is 0 Å². The fraction of sp³-hybridized carbons (Fsp3) is 0.300. The van der Waals surface area contributed by atoms with Crippen LogP contribution < -0.4 is 10.6 Å². The van der Waals surface area contributed by atoms with E-state index in [1.54, 1.807) is 19.2 Å². The topological polar surface area (TPSA) is 76.7 Å². The molecule has 2 aromatic rings. The van der Waals surface area contributed by atoms with Gasteiger partial charge in [-0.05, 0) is 17.5 Å². The van der Waals surface area contributed by atoms with Gasteiger partial charge in [0.15, 0.2) is 0 Å². The number of ether oxygens (including phenoxy) is 2. The fourth-order valence-corrected chi connectivity index (χ4v) is 2.36. The lowest BCUT2D eigenvalue weighted by Crippen LogP contribution is -2.41. The Labute approximate surface area is 153 Å². The van der Waals surface area contributed by atoms with Crippen LogP contribution in [0.3, 0.4) is 0 Å². The first-order valence-electron chi connectivity index (χ1n) is 8.49. The summed E-state index contributed by atoms with van der Waals surface area (Å²) in [5.74, 6) is -0.288.